The molecule has 3 unspecified atom stereocenters. The maximum absolute atomic E-state index is 13.7. The second kappa shape index (κ2) is 9.68. The number of carbonyl (C=O) groups is 2. The summed E-state index contributed by atoms with van der Waals surface area (Å²) in [5.74, 6) is 2.50. The van der Waals surface area contributed by atoms with Gasteiger partial charge in [0.2, 0.25) is 0 Å². The molecule has 1 saturated heterocycles. The summed E-state index contributed by atoms with van der Waals surface area (Å²) in [4.78, 5) is 33.2. The molecule has 9 nitrogen and oxygen atoms in total. The molecule has 2 amide bonds. The molecular weight excluding hydrogens is 564 g/mol. The molecule has 2 aliphatic heterocycles. The number of piperidine rings is 1. The molecule has 9 heteroatoms. The maximum Gasteiger partial charge on any atom is 0.254 e. The zero-order valence-electron chi connectivity index (χ0n) is 25.5. The van der Waals surface area contributed by atoms with E-state index >= 15 is 0 Å². The van der Waals surface area contributed by atoms with E-state index in [4.69, 9.17) is 15.5 Å². The number of nitrogens with zero attached hydrogens (tertiary/aromatic N) is 4. The first-order valence-corrected chi connectivity index (χ1v) is 16.0. The molecule has 0 radical (unpaired) electrons. The maximum atomic E-state index is 13.7. The number of imidazole rings is 1. The van der Waals surface area contributed by atoms with E-state index in [1.165, 1.54) is 12.8 Å². The standard InChI is InChI=1S/C36H36N6O3/c1-40-33-27(12-23(15-31(33)45-2)36(44)42-18-22-10-11-28(42)32(22)37)39-34(40)30-14-21-9-8-20(13-29(21)41(30)17-19-6-7-19)24-4-3-5-25-26(24)16-38-35(25)43/h3-5,8-9,12-15,19,22,28,32H,6-7,10-11,16-18,37H2,1-2H3,(H,38,43). The predicted molar refractivity (Wildman–Crippen MR) is 173 cm³/mol. The topological polar surface area (TPSA) is 107 Å². The van der Waals surface area contributed by atoms with Crippen LogP contribution in [0, 0.1) is 11.8 Å². The largest absolute Gasteiger partial charge is 0.494 e. The Labute approximate surface area is 261 Å². The Balaban J connectivity index is 1.16. The SMILES string of the molecule is COc1cc(C(=O)N2CC3CCC2C3N)cc2nc(-c3cc4ccc(-c5cccc6c5CNC6=O)cc4n3CC3CC3)n(C)c12. The summed E-state index contributed by atoms with van der Waals surface area (Å²) in [6.07, 6.45) is 4.52. The van der Waals surface area contributed by atoms with Crippen molar-refractivity contribution >= 4 is 33.8 Å². The van der Waals surface area contributed by atoms with E-state index in [-0.39, 0.29) is 23.9 Å². The molecular formula is C36H36N6O3. The third kappa shape index (κ3) is 3.99. The van der Waals surface area contributed by atoms with Crippen LogP contribution < -0.4 is 15.8 Å². The Kier molecular flexibility index (Phi) is 5.75. The summed E-state index contributed by atoms with van der Waals surface area (Å²) in [6, 6.07) is 18.7. The number of benzene rings is 3. The van der Waals surface area contributed by atoms with E-state index in [1.807, 2.05) is 36.2 Å². The highest BCUT2D eigenvalue weighted by molar-refractivity contribution is 6.02. The molecule has 2 saturated carbocycles. The second-order valence-corrected chi connectivity index (χ2v) is 13.4. The average molecular weight is 601 g/mol. The minimum absolute atomic E-state index is 0.00438. The van der Waals surface area contributed by atoms with Crippen LogP contribution in [0.5, 0.6) is 5.75 Å². The van der Waals surface area contributed by atoms with Crippen molar-refractivity contribution in [3.8, 4) is 28.4 Å². The number of ether oxygens (including phenoxy) is 1. The number of nitrogens with one attached hydrogen (secondary N) is 1. The van der Waals surface area contributed by atoms with Crippen LogP contribution in [-0.2, 0) is 20.1 Å². The third-order valence-electron chi connectivity index (χ3n) is 10.7. The van der Waals surface area contributed by atoms with Crippen molar-refractivity contribution in [2.24, 2.45) is 24.6 Å². The van der Waals surface area contributed by atoms with Crippen LogP contribution in [-0.4, -0.2) is 56.6 Å². The molecule has 9 rings (SSSR count). The molecule has 228 valence electrons. The minimum atomic E-state index is -0.00862. The van der Waals surface area contributed by atoms with Gasteiger partial charge in [0.25, 0.3) is 11.8 Å². The van der Waals surface area contributed by atoms with Gasteiger partial charge in [0.15, 0.2) is 5.82 Å². The van der Waals surface area contributed by atoms with Gasteiger partial charge in [-0.2, -0.15) is 0 Å². The fraction of sp³-hybridized carbons (Fsp3) is 0.361. The average Bonchev–Trinajstić information content (AvgIpc) is 3.27. The Morgan fingerprint density at radius 2 is 1.91 bits per heavy atom. The number of methoxy groups -OCH3 is 1. The number of nitrogens with two attached hydrogens (primary N) is 1. The van der Waals surface area contributed by atoms with Crippen molar-refractivity contribution in [2.45, 2.75) is 50.9 Å². The van der Waals surface area contributed by atoms with E-state index in [1.54, 1.807) is 7.11 Å². The summed E-state index contributed by atoms with van der Waals surface area (Å²) in [6.45, 7) is 2.19. The summed E-state index contributed by atoms with van der Waals surface area (Å²) >= 11 is 0. The van der Waals surface area contributed by atoms with Gasteiger partial charge in [-0.25, -0.2) is 4.98 Å². The van der Waals surface area contributed by atoms with E-state index < -0.39 is 0 Å². The van der Waals surface area contributed by atoms with Crippen LogP contribution in [0.4, 0.5) is 0 Å². The third-order valence-corrected chi connectivity index (χ3v) is 10.7. The molecule has 4 aliphatic rings. The van der Waals surface area contributed by atoms with Gasteiger partial charge in [0.1, 0.15) is 11.3 Å². The zero-order valence-corrected chi connectivity index (χ0v) is 25.5. The van der Waals surface area contributed by atoms with E-state index in [0.29, 0.717) is 29.7 Å². The highest BCUT2D eigenvalue weighted by Crippen LogP contribution is 2.41. The number of likely N-dealkylation sites (tertiary alicyclic amines) is 1. The Bertz CT molecular complexity index is 2070. The van der Waals surface area contributed by atoms with Gasteiger partial charge in [0.05, 0.1) is 18.3 Å². The van der Waals surface area contributed by atoms with Crippen LogP contribution in [0.2, 0.25) is 0 Å². The lowest BCUT2D eigenvalue weighted by molar-refractivity contribution is 0.0700. The molecule has 45 heavy (non-hydrogen) atoms. The molecule has 4 heterocycles. The smallest absolute Gasteiger partial charge is 0.254 e. The van der Waals surface area contributed by atoms with Crippen molar-refractivity contribution in [1.82, 2.24) is 24.3 Å². The summed E-state index contributed by atoms with van der Waals surface area (Å²) < 4.78 is 10.4. The van der Waals surface area contributed by atoms with Gasteiger partial charge in [-0.05, 0) is 84.5 Å². The predicted octanol–water partition coefficient (Wildman–Crippen LogP) is 5.09. The summed E-state index contributed by atoms with van der Waals surface area (Å²) in [5, 5.41) is 4.12. The number of amides is 2. The molecule has 2 bridgehead atoms. The van der Waals surface area contributed by atoms with Crippen LogP contribution in [0.25, 0.3) is 44.6 Å². The van der Waals surface area contributed by atoms with Gasteiger partial charge >= 0.3 is 0 Å². The number of aryl methyl sites for hydroxylation is 1. The second-order valence-electron chi connectivity index (χ2n) is 13.4. The summed E-state index contributed by atoms with van der Waals surface area (Å²) in [5.41, 5.74) is 14.8. The van der Waals surface area contributed by atoms with Crippen LogP contribution in [0.1, 0.15) is 52.0 Å². The number of hydrogen-bond acceptors (Lipinski definition) is 5. The first-order chi connectivity index (χ1) is 21.9. The van der Waals surface area contributed by atoms with Crippen molar-refractivity contribution in [3.63, 3.8) is 0 Å². The van der Waals surface area contributed by atoms with E-state index in [2.05, 4.69) is 44.8 Å². The van der Waals surface area contributed by atoms with Gasteiger partial charge in [-0.15, -0.1) is 0 Å². The number of fused-ring (bicyclic) bond motifs is 5. The quantitative estimate of drug-likeness (QED) is 0.283. The number of carbonyl (C=O) groups excluding carboxylic acids is 2. The van der Waals surface area contributed by atoms with Crippen molar-refractivity contribution in [1.29, 1.82) is 0 Å². The van der Waals surface area contributed by atoms with Crippen LogP contribution >= 0.6 is 0 Å². The number of aromatic nitrogens is 3. The molecule has 0 spiro atoms. The van der Waals surface area contributed by atoms with Crippen molar-refractivity contribution < 1.29 is 14.3 Å². The van der Waals surface area contributed by atoms with Gasteiger partial charge < -0.3 is 29.8 Å². The molecule has 2 aliphatic carbocycles. The normalized spacial score (nSPS) is 22.1. The van der Waals surface area contributed by atoms with Crippen molar-refractivity contribution in [3.05, 3.63) is 71.3 Å². The molecule has 2 aromatic heterocycles. The van der Waals surface area contributed by atoms with Crippen molar-refractivity contribution in [2.75, 3.05) is 13.7 Å². The molecule has 3 aromatic carbocycles. The van der Waals surface area contributed by atoms with Gasteiger partial charge in [-0.3, -0.25) is 9.59 Å². The Morgan fingerprint density at radius 1 is 1.07 bits per heavy atom. The fourth-order valence-electron chi connectivity index (χ4n) is 8.15. The highest BCUT2D eigenvalue weighted by atomic mass is 16.5. The Morgan fingerprint density at radius 3 is 2.67 bits per heavy atom. The monoisotopic (exact) mass is 600 g/mol. The van der Waals surface area contributed by atoms with Gasteiger partial charge in [0, 0.05) is 60.8 Å². The number of rotatable bonds is 6. The molecule has 5 aromatic rings. The first kappa shape index (κ1) is 26.7. The molecule has 3 N–H and O–H groups in total. The zero-order chi connectivity index (χ0) is 30.6. The van der Waals surface area contributed by atoms with Crippen LogP contribution in [0.3, 0.4) is 0 Å². The lowest BCUT2D eigenvalue weighted by Gasteiger charge is -2.27. The number of hydrogen-bond donors (Lipinski definition) is 2. The highest BCUT2D eigenvalue weighted by Gasteiger charge is 2.47. The first-order valence-electron chi connectivity index (χ1n) is 16.0. The van der Waals surface area contributed by atoms with E-state index in [0.717, 1.165) is 81.6 Å². The lowest BCUT2D eigenvalue weighted by Crippen LogP contribution is -2.41. The fourth-order valence-corrected chi connectivity index (χ4v) is 8.15. The molecule has 3 fully saturated rings. The van der Waals surface area contributed by atoms with Crippen LogP contribution in [0.15, 0.2) is 54.6 Å². The minimum Gasteiger partial charge on any atom is -0.494 e. The van der Waals surface area contributed by atoms with Gasteiger partial charge in [-0.1, -0.05) is 24.3 Å². The Hall–Kier alpha value is -4.63. The lowest BCUT2D eigenvalue weighted by atomic mass is 9.96. The summed E-state index contributed by atoms with van der Waals surface area (Å²) in [7, 11) is 3.67. The molecule has 3 atom stereocenters. The van der Waals surface area contributed by atoms with E-state index in [9.17, 15) is 9.59 Å².